The SMILES string of the molecule is Cl.NCCc1ncc(-c2ccc(O)cc2)cn1. The number of rotatable bonds is 3. The van der Waals surface area contributed by atoms with Crippen molar-refractivity contribution in [2.45, 2.75) is 6.42 Å². The summed E-state index contributed by atoms with van der Waals surface area (Å²) in [6.07, 6.45) is 4.23. The summed E-state index contributed by atoms with van der Waals surface area (Å²) in [4.78, 5) is 8.43. The molecule has 0 saturated heterocycles. The lowest BCUT2D eigenvalue weighted by molar-refractivity contribution is 0.475. The van der Waals surface area contributed by atoms with E-state index in [1.54, 1.807) is 24.5 Å². The molecule has 0 fully saturated rings. The van der Waals surface area contributed by atoms with Crippen molar-refractivity contribution in [2.75, 3.05) is 6.54 Å². The molecule has 0 unspecified atom stereocenters. The van der Waals surface area contributed by atoms with Gasteiger partial charge in [0.1, 0.15) is 11.6 Å². The fourth-order valence-corrected chi connectivity index (χ4v) is 1.42. The van der Waals surface area contributed by atoms with Crippen molar-refractivity contribution in [2.24, 2.45) is 5.73 Å². The van der Waals surface area contributed by atoms with E-state index >= 15 is 0 Å². The molecule has 0 amide bonds. The first-order valence-electron chi connectivity index (χ1n) is 5.10. The predicted molar refractivity (Wildman–Crippen MR) is 69.1 cm³/mol. The first-order chi connectivity index (χ1) is 7.79. The maximum atomic E-state index is 9.17. The van der Waals surface area contributed by atoms with Crippen LogP contribution in [0.25, 0.3) is 11.1 Å². The van der Waals surface area contributed by atoms with E-state index in [0.717, 1.165) is 17.0 Å². The Labute approximate surface area is 106 Å². The van der Waals surface area contributed by atoms with Gasteiger partial charge in [-0.2, -0.15) is 0 Å². The van der Waals surface area contributed by atoms with Crippen molar-refractivity contribution in [1.29, 1.82) is 0 Å². The van der Waals surface area contributed by atoms with E-state index in [4.69, 9.17) is 5.73 Å². The minimum absolute atomic E-state index is 0. The summed E-state index contributed by atoms with van der Waals surface area (Å²) in [5.74, 6) is 1.01. The Balaban J connectivity index is 0.00000144. The van der Waals surface area contributed by atoms with Gasteiger partial charge in [0.2, 0.25) is 0 Å². The van der Waals surface area contributed by atoms with E-state index in [1.165, 1.54) is 0 Å². The average Bonchev–Trinajstić information content (AvgIpc) is 2.32. The highest BCUT2D eigenvalue weighted by Crippen LogP contribution is 2.20. The zero-order valence-electron chi connectivity index (χ0n) is 9.21. The molecule has 0 spiro atoms. The number of nitrogens with two attached hydrogens (primary N) is 1. The van der Waals surface area contributed by atoms with Gasteiger partial charge in [-0.05, 0) is 24.2 Å². The Kier molecular flexibility index (Phi) is 4.87. The molecule has 0 aliphatic carbocycles. The van der Waals surface area contributed by atoms with Crippen LogP contribution in [0.3, 0.4) is 0 Å². The van der Waals surface area contributed by atoms with Gasteiger partial charge in [-0.3, -0.25) is 0 Å². The largest absolute Gasteiger partial charge is 0.508 e. The molecule has 1 aromatic heterocycles. The third-order valence-electron chi connectivity index (χ3n) is 2.27. The normalized spacial score (nSPS) is 9.71. The molecule has 0 saturated carbocycles. The van der Waals surface area contributed by atoms with Crippen LogP contribution in [0, 0.1) is 0 Å². The van der Waals surface area contributed by atoms with Gasteiger partial charge in [-0.25, -0.2) is 9.97 Å². The highest BCUT2D eigenvalue weighted by atomic mass is 35.5. The van der Waals surface area contributed by atoms with Gasteiger partial charge in [0.25, 0.3) is 0 Å². The highest BCUT2D eigenvalue weighted by molar-refractivity contribution is 5.85. The molecule has 0 bridgehead atoms. The second kappa shape index (κ2) is 6.18. The van der Waals surface area contributed by atoms with Gasteiger partial charge in [0.05, 0.1) is 0 Å². The van der Waals surface area contributed by atoms with Gasteiger partial charge in [0.15, 0.2) is 0 Å². The van der Waals surface area contributed by atoms with Crippen LogP contribution in [0.15, 0.2) is 36.7 Å². The van der Waals surface area contributed by atoms with Crippen molar-refractivity contribution >= 4 is 12.4 Å². The fourth-order valence-electron chi connectivity index (χ4n) is 1.42. The summed E-state index contributed by atoms with van der Waals surface area (Å²) in [6, 6.07) is 6.94. The number of phenols is 1. The van der Waals surface area contributed by atoms with Crippen LogP contribution >= 0.6 is 12.4 Å². The Hall–Kier alpha value is -1.65. The van der Waals surface area contributed by atoms with Crippen molar-refractivity contribution in [3.8, 4) is 16.9 Å². The van der Waals surface area contributed by atoms with Gasteiger partial charge in [-0.1, -0.05) is 12.1 Å². The number of phenolic OH excluding ortho intramolecular Hbond substituents is 1. The van der Waals surface area contributed by atoms with E-state index in [-0.39, 0.29) is 18.2 Å². The molecule has 1 aromatic carbocycles. The Morgan fingerprint density at radius 3 is 2.12 bits per heavy atom. The molecule has 3 N–H and O–H groups in total. The lowest BCUT2D eigenvalue weighted by Gasteiger charge is -2.02. The second-order valence-electron chi connectivity index (χ2n) is 3.47. The maximum Gasteiger partial charge on any atom is 0.129 e. The van der Waals surface area contributed by atoms with Gasteiger partial charge < -0.3 is 10.8 Å². The average molecular weight is 252 g/mol. The first kappa shape index (κ1) is 13.4. The molecular formula is C12H14ClN3O. The van der Waals surface area contributed by atoms with Gasteiger partial charge >= 0.3 is 0 Å². The van der Waals surface area contributed by atoms with E-state index in [2.05, 4.69) is 9.97 Å². The molecule has 5 heteroatoms. The van der Waals surface area contributed by atoms with Crippen molar-refractivity contribution in [1.82, 2.24) is 9.97 Å². The smallest absolute Gasteiger partial charge is 0.129 e. The Morgan fingerprint density at radius 2 is 1.59 bits per heavy atom. The van der Waals surface area contributed by atoms with E-state index in [1.807, 2.05) is 12.1 Å². The molecule has 4 nitrogen and oxygen atoms in total. The summed E-state index contributed by atoms with van der Waals surface area (Å²) >= 11 is 0. The number of nitrogens with zero attached hydrogens (tertiary/aromatic N) is 2. The summed E-state index contributed by atoms with van der Waals surface area (Å²) in [6.45, 7) is 0.554. The monoisotopic (exact) mass is 251 g/mol. The molecule has 0 aliphatic heterocycles. The van der Waals surface area contributed by atoms with Gasteiger partial charge in [0, 0.05) is 24.4 Å². The molecular weight excluding hydrogens is 238 g/mol. The zero-order chi connectivity index (χ0) is 11.4. The number of hydrogen-bond donors (Lipinski definition) is 2. The lowest BCUT2D eigenvalue weighted by atomic mass is 10.1. The minimum Gasteiger partial charge on any atom is -0.508 e. The molecule has 0 atom stereocenters. The number of aromatic nitrogens is 2. The maximum absolute atomic E-state index is 9.17. The minimum atomic E-state index is 0. The van der Waals surface area contributed by atoms with Crippen LogP contribution < -0.4 is 5.73 Å². The quantitative estimate of drug-likeness (QED) is 0.872. The predicted octanol–water partition coefficient (Wildman–Crippen LogP) is 1.77. The van der Waals surface area contributed by atoms with Gasteiger partial charge in [-0.15, -0.1) is 12.4 Å². The molecule has 1 heterocycles. The molecule has 0 aliphatic rings. The Morgan fingerprint density at radius 1 is 1.00 bits per heavy atom. The van der Waals surface area contributed by atoms with E-state index in [9.17, 15) is 5.11 Å². The third kappa shape index (κ3) is 3.41. The van der Waals surface area contributed by atoms with Crippen LogP contribution in [0.4, 0.5) is 0 Å². The van der Waals surface area contributed by atoms with E-state index < -0.39 is 0 Å². The highest BCUT2D eigenvalue weighted by Gasteiger charge is 2.00. The lowest BCUT2D eigenvalue weighted by Crippen LogP contribution is -2.06. The summed E-state index contributed by atoms with van der Waals surface area (Å²) in [5.41, 5.74) is 7.33. The topological polar surface area (TPSA) is 72.0 Å². The van der Waals surface area contributed by atoms with E-state index in [0.29, 0.717) is 13.0 Å². The second-order valence-corrected chi connectivity index (χ2v) is 3.47. The first-order valence-corrected chi connectivity index (χ1v) is 5.10. The van der Waals surface area contributed by atoms with Crippen molar-refractivity contribution < 1.29 is 5.11 Å². The standard InChI is InChI=1S/C12H13N3O.ClH/c13-6-5-12-14-7-10(8-15-12)9-1-3-11(16)4-2-9;/h1-4,7-8,16H,5-6,13H2;1H. The summed E-state index contributed by atoms with van der Waals surface area (Å²) in [5, 5.41) is 9.17. The fraction of sp³-hybridized carbons (Fsp3) is 0.167. The third-order valence-corrected chi connectivity index (χ3v) is 2.27. The zero-order valence-corrected chi connectivity index (χ0v) is 10.0. The number of halogens is 1. The van der Waals surface area contributed by atoms with Crippen LogP contribution in [-0.2, 0) is 6.42 Å². The summed E-state index contributed by atoms with van der Waals surface area (Å²) < 4.78 is 0. The number of aromatic hydroxyl groups is 1. The van der Waals surface area contributed by atoms with Crippen molar-refractivity contribution in [3.05, 3.63) is 42.5 Å². The molecule has 0 radical (unpaired) electrons. The van der Waals surface area contributed by atoms with Crippen LogP contribution in [0.5, 0.6) is 5.75 Å². The Bertz CT molecular complexity index is 456. The van der Waals surface area contributed by atoms with Crippen LogP contribution in [0.1, 0.15) is 5.82 Å². The number of hydrogen-bond acceptors (Lipinski definition) is 4. The van der Waals surface area contributed by atoms with Crippen molar-refractivity contribution in [3.63, 3.8) is 0 Å². The molecule has 2 rings (SSSR count). The molecule has 2 aromatic rings. The van der Waals surface area contributed by atoms with Crippen LogP contribution in [-0.4, -0.2) is 21.6 Å². The van der Waals surface area contributed by atoms with Crippen LogP contribution in [0.2, 0.25) is 0 Å². The number of benzene rings is 1. The molecule has 90 valence electrons. The summed E-state index contributed by atoms with van der Waals surface area (Å²) in [7, 11) is 0. The molecule has 17 heavy (non-hydrogen) atoms.